The molecule has 0 bridgehead atoms. The van der Waals surface area contributed by atoms with Crippen LogP contribution >= 0.6 is 11.3 Å². The van der Waals surface area contributed by atoms with E-state index < -0.39 is 5.97 Å². The van der Waals surface area contributed by atoms with E-state index in [4.69, 9.17) is 0 Å². The lowest BCUT2D eigenvalue weighted by molar-refractivity contribution is -0.948. The molecule has 0 spiro atoms. The first-order valence-electron chi connectivity index (χ1n) is 6.60. The Bertz CT molecular complexity index is 566. The van der Waals surface area contributed by atoms with Crippen molar-refractivity contribution in [2.75, 3.05) is 0 Å². The second kappa shape index (κ2) is 6.63. The van der Waals surface area contributed by atoms with E-state index in [1.807, 2.05) is 18.2 Å². The molecule has 1 unspecified atom stereocenters. The molecule has 2 aromatic rings. The first-order chi connectivity index (χ1) is 9.56. The molecule has 1 heterocycles. The third-order valence-corrected chi connectivity index (χ3v) is 4.08. The van der Waals surface area contributed by atoms with Gasteiger partial charge in [-0.3, -0.25) is 0 Å². The summed E-state index contributed by atoms with van der Waals surface area (Å²) in [4.78, 5) is 16.2. The maximum Gasteiger partial charge on any atom is 0.148 e. The molecule has 0 aliphatic carbocycles. The molecule has 1 aromatic carbocycles. The number of hydrogen-bond acceptors (Lipinski definition) is 4. The summed E-state index contributed by atoms with van der Waals surface area (Å²) >= 11 is 1.38. The lowest BCUT2D eigenvalue weighted by Crippen LogP contribution is -3.12. The second-order valence-corrected chi connectivity index (χ2v) is 6.01. The predicted octanol–water partition coefficient (Wildman–Crippen LogP) is 0.500. The number of aromatic nitrogens is 1. The third kappa shape index (κ3) is 3.88. The Morgan fingerprint density at radius 1 is 1.30 bits per heavy atom. The minimum atomic E-state index is -1.21. The van der Waals surface area contributed by atoms with E-state index in [0.717, 1.165) is 18.1 Å². The maximum absolute atomic E-state index is 10.8. The lowest BCUT2D eigenvalue weighted by Gasteiger charge is -2.22. The molecular weight excluding hydrogens is 272 g/mol. The molecule has 20 heavy (non-hydrogen) atoms. The van der Waals surface area contributed by atoms with Crippen molar-refractivity contribution in [3.8, 4) is 0 Å². The van der Waals surface area contributed by atoms with Crippen molar-refractivity contribution in [3.05, 3.63) is 52.0 Å². The fraction of sp³-hybridized carbons (Fsp3) is 0.333. The Morgan fingerprint density at radius 2 is 2.00 bits per heavy atom. The fourth-order valence-electron chi connectivity index (χ4n) is 2.01. The van der Waals surface area contributed by atoms with Gasteiger partial charge in [0.25, 0.3) is 0 Å². The quantitative estimate of drug-likeness (QED) is 0.843. The molecule has 5 heteroatoms. The van der Waals surface area contributed by atoms with E-state index in [2.05, 4.69) is 31.0 Å². The second-order valence-electron chi connectivity index (χ2n) is 5.07. The number of carbonyl (C=O) groups is 1. The van der Waals surface area contributed by atoms with Crippen LogP contribution in [-0.4, -0.2) is 17.0 Å². The highest BCUT2D eigenvalue weighted by atomic mass is 32.1. The summed E-state index contributed by atoms with van der Waals surface area (Å²) in [5.41, 5.74) is 1.31. The molecule has 1 N–H and O–H groups in total. The van der Waals surface area contributed by atoms with Crippen LogP contribution in [0, 0.1) is 0 Å². The van der Waals surface area contributed by atoms with Gasteiger partial charge in [0, 0.05) is 10.9 Å². The summed E-state index contributed by atoms with van der Waals surface area (Å²) in [6.45, 7) is 5.94. The van der Waals surface area contributed by atoms with Gasteiger partial charge in [-0.25, -0.2) is 4.98 Å². The van der Waals surface area contributed by atoms with Gasteiger partial charge in [-0.15, -0.1) is 11.3 Å². The Hall–Kier alpha value is -1.72. The van der Waals surface area contributed by atoms with Gasteiger partial charge in [0.05, 0.1) is 17.7 Å². The van der Waals surface area contributed by atoms with Crippen molar-refractivity contribution in [1.82, 2.24) is 4.98 Å². The molecule has 1 aromatic heterocycles. The van der Waals surface area contributed by atoms with Gasteiger partial charge in [-0.05, 0) is 13.8 Å². The first kappa shape index (κ1) is 14.7. The summed E-state index contributed by atoms with van der Waals surface area (Å²) in [6.07, 6.45) is 0. The molecule has 0 fully saturated rings. The Kier molecular flexibility index (Phi) is 4.87. The van der Waals surface area contributed by atoms with Gasteiger partial charge in [-0.1, -0.05) is 30.3 Å². The number of thiazole rings is 1. The maximum atomic E-state index is 10.8. The van der Waals surface area contributed by atoms with E-state index in [1.165, 1.54) is 21.8 Å². The number of rotatable bonds is 6. The van der Waals surface area contributed by atoms with E-state index >= 15 is 0 Å². The van der Waals surface area contributed by atoms with Crippen LogP contribution in [0.3, 0.4) is 0 Å². The summed E-state index contributed by atoms with van der Waals surface area (Å²) in [5.74, 6) is -1.21. The summed E-state index contributed by atoms with van der Waals surface area (Å²) in [6, 6.07) is 10.7. The van der Waals surface area contributed by atoms with Crippen LogP contribution in [0.5, 0.6) is 0 Å². The standard InChI is InChI=1S/C15H18N2O2S/c1-11(2)17(8-12-6-4-3-5-7-12)9-14-16-13(10-20-14)15(18)19/h3-7,10-11H,8-9H2,1-2H3,(H,18,19). The smallest absolute Gasteiger partial charge is 0.148 e. The van der Waals surface area contributed by atoms with Gasteiger partial charge in [0.1, 0.15) is 18.1 Å². The fourth-order valence-corrected chi connectivity index (χ4v) is 2.83. The number of nitrogens with one attached hydrogen (secondary N) is 1. The van der Waals surface area contributed by atoms with Crippen LogP contribution in [-0.2, 0) is 13.1 Å². The topological polar surface area (TPSA) is 57.5 Å². The van der Waals surface area contributed by atoms with E-state index in [1.54, 1.807) is 5.38 Å². The highest BCUT2D eigenvalue weighted by Gasteiger charge is 2.16. The summed E-state index contributed by atoms with van der Waals surface area (Å²) in [7, 11) is 0. The number of carboxylic acids is 1. The number of hydrogen-bond donors (Lipinski definition) is 1. The lowest BCUT2D eigenvalue weighted by atomic mass is 10.2. The zero-order valence-electron chi connectivity index (χ0n) is 11.6. The normalized spacial score (nSPS) is 12.6. The third-order valence-electron chi connectivity index (χ3n) is 3.23. The van der Waals surface area contributed by atoms with Crippen molar-refractivity contribution in [2.45, 2.75) is 33.0 Å². The van der Waals surface area contributed by atoms with E-state index in [0.29, 0.717) is 6.04 Å². The molecule has 0 saturated heterocycles. The van der Waals surface area contributed by atoms with Crippen molar-refractivity contribution in [1.29, 1.82) is 0 Å². The van der Waals surface area contributed by atoms with Crippen molar-refractivity contribution in [3.63, 3.8) is 0 Å². The van der Waals surface area contributed by atoms with Crippen LogP contribution in [0.15, 0.2) is 35.7 Å². The van der Waals surface area contributed by atoms with E-state index in [9.17, 15) is 9.90 Å². The number of aromatic carboxylic acids is 1. The van der Waals surface area contributed by atoms with Gasteiger partial charge in [0.2, 0.25) is 0 Å². The van der Waals surface area contributed by atoms with Crippen molar-refractivity contribution in [2.24, 2.45) is 0 Å². The van der Waals surface area contributed by atoms with Crippen LogP contribution in [0.4, 0.5) is 0 Å². The van der Waals surface area contributed by atoms with Crippen LogP contribution in [0.2, 0.25) is 0 Å². The van der Waals surface area contributed by atoms with E-state index in [-0.39, 0.29) is 5.69 Å². The average molecular weight is 290 g/mol. The average Bonchev–Trinajstić information content (AvgIpc) is 2.88. The highest BCUT2D eigenvalue weighted by Crippen LogP contribution is 2.08. The Balaban J connectivity index is 2.07. The van der Waals surface area contributed by atoms with Crippen molar-refractivity contribution < 1.29 is 14.8 Å². The molecule has 0 aliphatic rings. The highest BCUT2D eigenvalue weighted by molar-refractivity contribution is 7.09. The van der Waals surface area contributed by atoms with Crippen LogP contribution in [0.1, 0.15) is 34.9 Å². The Morgan fingerprint density at radius 3 is 2.55 bits per heavy atom. The van der Waals surface area contributed by atoms with Gasteiger partial charge < -0.3 is 14.8 Å². The molecule has 1 atom stereocenters. The molecule has 0 saturated carbocycles. The molecule has 0 radical (unpaired) electrons. The molecule has 0 amide bonds. The SMILES string of the molecule is CC(C)[NH+](Cc1ccccc1)Cc1nc(C(=O)[O-])cs1. The predicted molar refractivity (Wildman–Crippen MR) is 76.4 cm³/mol. The molecular formula is C15H18N2O2S. The van der Waals surface area contributed by atoms with Gasteiger partial charge >= 0.3 is 0 Å². The van der Waals surface area contributed by atoms with Crippen LogP contribution in [0.25, 0.3) is 0 Å². The minimum Gasteiger partial charge on any atom is -0.543 e. The Labute approximate surface area is 122 Å². The number of nitrogens with zero attached hydrogens (tertiary/aromatic N) is 1. The molecule has 2 rings (SSSR count). The van der Waals surface area contributed by atoms with Gasteiger partial charge in [-0.2, -0.15) is 0 Å². The number of quaternary nitrogens is 1. The zero-order valence-corrected chi connectivity index (χ0v) is 12.4. The largest absolute Gasteiger partial charge is 0.543 e. The van der Waals surface area contributed by atoms with Crippen LogP contribution < -0.4 is 10.0 Å². The number of benzene rings is 1. The first-order valence-corrected chi connectivity index (χ1v) is 7.48. The molecule has 0 aliphatic heterocycles. The number of carbonyl (C=O) groups excluding carboxylic acids is 1. The minimum absolute atomic E-state index is 0.0350. The number of carboxylic acid groups (broad SMARTS) is 1. The summed E-state index contributed by atoms with van der Waals surface area (Å²) in [5, 5.41) is 13.1. The van der Waals surface area contributed by atoms with Crippen molar-refractivity contribution >= 4 is 17.3 Å². The molecule has 4 nitrogen and oxygen atoms in total. The summed E-state index contributed by atoms with van der Waals surface area (Å²) < 4.78 is 0. The monoisotopic (exact) mass is 290 g/mol. The zero-order chi connectivity index (χ0) is 14.5. The van der Waals surface area contributed by atoms with Gasteiger partial charge in [0.15, 0.2) is 0 Å². The molecule has 106 valence electrons.